The van der Waals surface area contributed by atoms with Gasteiger partial charge in [-0.2, -0.15) is 0 Å². The van der Waals surface area contributed by atoms with Crippen molar-refractivity contribution in [3.05, 3.63) is 0 Å². The predicted octanol–water partition coefficient (Wildman–Crippen LogP) is 2.02. The molecule has 1 N–H and O–H groups in total. The highest BCUT2D eigenvalue weighted by Crippen LogP contribution is 2.27. The third-order valence-corrected chi connectivity index (χ3v) is 4.53. The molecule has 0 aromatic carbocycles. The van der Waals surface area contributed by atoms with Crippen LogP contribution >= 0.6 is 0 Å². The van der Waals surface area contributed by atoms with Gasteiger partial charge in [-0.25, -0.2) is 0 Å². The quantitative estimate of drug-likeness (QED) is 0.798. The Morgan fingerprint density at radius 2 is 1.88 bits per heavy atom. The van der Waals surface area contributed by atoms with Crippen molar-refractivity contribution in [2.24, 2.45) is 11.8 Å². The number of nitrogens with one attached hydrogen (secondary N) is 1. The summed E-state index contributed by atoms with van der Waals surface area (Å²) in [4.78, 5) is 14.4. The maximum atomic E-state index is 12.4. The van der Waals surface area contributed by atoms with E-state index in [1.165, 1.54) is 25.7 Å². The molecule has 1 heterocycles. The summed E-state index contributed by atoms with van der Waals surface area (Å²) in [6.45, 7) is 4.28. The second-order valence-corrected chi connectivity index (χ2v) is 5.91. The van der Waals surface area contributed by atoms with Crippen molar-refractivity contribution in [2.75, 3.05) is 20.1 Å². The minimum atomic E-state index is 0.230. The molecule has 0 aromatic heterocycles. The molecule has 3 nitrogen and oxygen atoms in total. The lowest BCUT2D eigenvalue weighted by molar-refractivity contribution is -0.137. The van der Waals surface area contributed by atoms with E-state index < -0.39 is 0 Å². The third-order valence-electron chi connectivity index (χ3n) is 4.53. The Labute approximate surface area is 105 Å². The molecule has 1 saturated carbocycles. The van der Waals surface area contributed by atoms with Gasteiger partial charge in [-0.05, 0) is 51.0 Å². The minimum Gasteiger partial charge on any atom is -0.342 e. The van der Waals surface area contributed by atoms with Crippen LogP contribution in [-0.4, -0.2) is 37.0 Å². The predicted molar refractivity (Wildman–Crippen MR) is 69.8 cm³/mol. The van der Waals surface area contributed by atoms with Gasteiger partial charge in [-0.15, -0.1) is 0 Å². The fourth-order valence-electron chi connectivity index (χ4n) is 3.16. The summed E-state index contributed by atoms with van der Waals surface area (Å²) < 4.78 is 0. The Morgan fingerprint density at radius 3 is 2.47 bits per heavy atom. The van der Waals surface area contributed by atoms with Crippen LogP contribution in [0.1, 0.15) is 45.4 Å². The molecule has 1 amide bonds. The summed E-state index contributed by atoms with van der Waals surface area (Å²) in [5.41, 5.74) is 0. The summed E-state index contributed by atoms with van der Waals surface area (Å²) >= 11 is 0. The van der Waals surface area contributed by atoms with Crippen LogP contribution < -0.4 is 5.32 Å². The lowest BCUT2D eigenvalue weighted by atomic mass is 9.86. The van der Waals surface area contributed by atoms with E-state index in [0.29, 0.717) is 11.9 Å². The summed E-state index contributed by atoms with van der Waals surface area (Å²) in [5.74, 6) is 1.45. The molecule has 1 saturated heterocycles. The zero-order valence-corrected chi connectivity index (χ0v) is 11.2. The molecule has 1 atom stereocenters. The summed E-state index contributed by atoms with van der Waals surface area (Å²) in [5, 5.41) is 3.33. The van der Waals surface area contributed by atoms with Crippen molar-refractivity contribution in [1.82, 2.24) is 10.2 Å². The van der Waals surface area contributed by atoms with Gasteiger partial charge in [0.25, 0.3) is 0 Å². The third kappa shape index (κ3) is 3.21. The maximum absolute atomic E-state index is 12.4. The van der Waals surface area contributed by atoms with Crippen LogP contribution in [0.15, 0.2) is 0 Å². The van der Waals surface area contributed by atoms with Crippen molar-refractivity contribution in [2.45, 2.75) is 51.5 Å². The first-order chi connectivity index (χ1) is 8.18. The van der Waals surface area contributed by atoms with Crippen LogP contribution in [0.25, 0.3) is 0 Å². The highest BCUT2D eigenvalue weighted by atomic mass is 16.2. The van der Waals surface area contributed by atoms with Crippen LogP contribution in [0.3, 0.4) is 0 Å². The monoisotopic (exact) mass is 238 g/mol. The van der Waals surface area contributed by atoms with Crippen LogP contribution in [0.2, 0.25) is 0 Å². The van der Waals surface area contributed by atoms with Gasteiger partial charge in [0, 0.05) is 19.6 Å². The molecule has 1 aliphatic carbocycles. The fraction of sp³-hybridized carbons (Fsp3) is 0.929. The van der Waals surface area contributed by atoms with Gasteiger partial charge in [0.2, 0.25) is 5.91 Å². The molecule has 98 valence electrons. The Kier molecular flexibility index (Phi) is 4.43. The fourth-order valence-corrected chi connectivity index (χ4v) is 3.16. The Hall–Kier alpha value is -0.570. The van der Waals surface area contributed by atoms with Gasteiger partial charge in [-0.3, -0.25) is 4.79 Å². The topological polar surface area (TPSA) is 32.3 Å². The molecule has 2 rings (SSSR count). The van der Waals surface area contributed by atoms with E-state index in [4.69, 9.17) is 0 Å². The van der Waals surface area contributed by atoms with Gasteiger partial charge in [0.15, 0.2) is 0 Å². The average Bonchev–Trinajstić information content (AvgIpc) is 2.39. The number of piperidine rings is 1. The highest BCUT2D eigenvalue weighted by Gasteiger charge is 2.29. The van der Waals surface area contributed by atoms with Crippen molar-refractivity contribution in [1.29, 1.82) is 0 Å². The molecule has 0 aromatic rings. The van der Waals surface area contributed by atoms with Gasteiger partial charge < -0.3 is 10.2 Å². The number of nitrogens with zero attached hydrogens (tertiary/aromatic N) is 1. The first kappa shape index (κ1) is 12.9. The van der Waals surface area contributed by atoms with Crippen LogP contribution in [0.5, 0.6) is 0 Å². The number of rotatable bonds is 2. The number of hydrogen-bond acceptors (Lipinski definition) is 2. The first-order valence-corrected chi connectivity index (χ1v) is 7.16. The SMILES string of the molecule is CC1CCC(N(C)C(=O)[C@@H]2CCCNC2)CC1. The lowest BCUT2D eigenvalue weighted by Crippen LogP contribution is -2.46. The molecule has 0 radical (unpaired) electrons. The second kappa shape index (κ2) is 5.85. The van der Waals surface area contributed by atoms with Gasteiger partial charge >= 0.3 is 0 Å². The molecular formula is C14H26N2O. The molecular weight excluding hydrogens is 212 g/mol. The number of carbonyl (C=O) groups is 1. The molecule has 0 unspecified atom stereocenters. The van der Waals surface area contributed by atoms with Crippen LogP contribution in [0, 0.1) is 11.8 Å². The van der Waals surface area contributed by atoms with E-state index in [2.05, 4.69) is 12.2 Å². The van der Waals surface area contributed by atoms with E-state index in [0.717, 1.165) is 31.8 Å². The zero-order valence-electron chi connectivity index (χ0n) is 11.2. The molecule has 2 aliphatic rings. The molecule has 3 heteroatoms. The summed E-state index contributed by atoms with van der Waals surface area (Å²) in [6, 6.07) is 0.501. The minimum absolute atomic E-state index is 0.230. The Bertz CT molecular complexity index is 253. The standard InChI is InChI=1S/C14H26N2O/c1-11-5-7-13(8-6-11)16(2)14(17)12-4-3-9-15-10-12/h11-13,15H,3-10H2,1-2H3/t11?,12-,13?/m1/s1. The number of carbonyl (C=O) groups excluding carboxylic acids is 1. The van der Waals surface area contributed by atoms with E-state index in [9.17, 15) is 4.79 Å². The second-order valence-electron chi connectivity index (χ2n) is 5.91. The van der Waals surface area contributed by atoms with Crippen LogP contribution in [0.4, 0.5) is 0 Å². The lowest BCUT2D eigenvalue weighted by Gasteiger charge is -2.36. The van der Waals surface area contributed by atoms with Crippen molar-refractivity contribution in [3.63, 3.8) is 0 Å². The zero-order chi connectivity index (χ0) is 12.3. The van der Waals surface area contributed by atoms with Crippen molar-refractivity contribution >= 4 is 5.91 Å². The summed E-state index contributed by atoms with van der Waals surface area (Å²) in [6.07, 6.45) is 7.18. The number of hydrogen-bond donors (Lipinski definition) is 1. The smallest absolute Gasteiger partial charge is 0.226 e. The van der Waals surface area contributed by atoms with Crippen LogP contribution in [-0.2, 0) is 4.79 Å². The van der Waals surface area contributed by atoms with Crippen molar-refractivity contribution in [3.8, 4) is 0 Å². The molecule has 0 bridgehead atoms. The molecule has 1 aliphatic heterocycles. The molecule has 2 fully saturated rings. The Morgan fingerprint density at radius 1 is 1.18 bits per heavy atom. The van der Waals surface area contributed by atoms with E-state index in [1.54, 1.807) is 0 Å². The maximum Gasteiger partial charge on any atom is 0.226 e. The van der Waals surface area contributed by atoms with Gasteiger partial charge in [0.05, 0.1) is 5.92 Å². The van der Waals surface area contributed by atoms with Crippen molar-refractivity contribution < 1.29 is 4.79 Å². The first-order valence-electron chi connectivity index (χ1n) is 7.16. The largest absolute Gasteiger partial charge is 0.342 e. The van der Waals surface area contributed by atoms with Gasteiger partial charge in [-0.1, -0.05) is 6.92 Å². The normalized spacial score (nSPS) is 34.4. The average molecular weight is 238 g/mol. The van der Waals surface area contributed by atoms with E-state index in [-0.39, 0.29) is 5.92 Å². The summed E-state index contributed by atoms with van der Waals surface area (Å²) in [7, 11) is 2.01. The number of amides is 1. The highest BCUT2D eigenvalue weighted by molar-refractivity contribution is 5.79. The Balaban J connectivity index is 1.85. The molecule has 0 spiro atoms. The molecule has 17 heavy (non-hydrogen) atoms. The van der Waals surface area contributed by atoms with E-state index in [1.807, 2.05) is 11.9 Å². The van der Waals surface area contributed by atoms with E-state index >= 15 is 0 Å². The van der Waals surface area contributed by atoms with Gasteiger partial charge in [0.1, 0.15) is 0 Å².